The number of rotatable bonds is 8. The van der Waals surface area contributed by atoms with Crippen molar-refractivity contribution in [3.63, 3.8) is 0 Å². The van der Waals surface area contributed by atoms with Gasteiger partial charge in [-0.2, -0.15) is 18.6 Å². The van der Waals surface area contributed by atoms with E-state index in [4.69, 9.17) is 4.53 Å². The third-order valence-corrected chi connectivity index (χ3v) is 12.6. The number of nitrogens with one attached hydrogen (secondary N) is 1. The van der Waals surface area contributed by atoms with Crippen LogP contribution in [-0.4, -0.2) is 113 Å². The maximum Gasteiger partial charge on any atom is 0.418 e. The van der Waals surface area contributed by atoms with E-state index in [-0.39, 0.29) is 36.9 Å². The van der Waals surface area contributed by atoms with Crippen molar-refractivity contribution in [3.8, 4) is 0 Å². The van der Waals surface area contributed by atoms with Crippen LogP contribution in [0, 0.1) is 0 Å². The number of likely N-dealkylation sites (N-methyl/N-ethyl adjacent to an activating group) is 1. The Kier molecular flexibility index (Phi) is 8.17. The topological polar surface area (TPSA) is 196 Å². The van der Waals surface area contributed by atoms with Crippen molar-refractivity contribution in [3.05, 3.63) is 17.5 Å². The van der Waals surface area contributed by atoms with Crippen molar-refractivity contribution in [2.45, 2.75) is 57.9 Å². The van der Waals surface area contributed by atoms with Gasteiger partial charge in [-0.05, 0) is 25.1 Å². The lowest BCUT2D eigenvalue weighted by Crippen LogP contribution is -2.58. The van der Waals surface area contributed by atoms with Crippen molar-refractivity contribution in [2.24, 2.45) is 12.2 Å². The fourth-order valence-corrected chi connectivity index (χ4v) is 5.68. The summed E-state index contributed by atoms with van der Waals surface area (Å²) < 4.78 is 44.6. The maximum atomic E-state index is 13.4. The summed E-state index contributed by atoms with van der Waals surface area (Å²) in [4.78, 5) is 54.9. The van der Waals surface area contributed by atoms with Crippen molar-refractivity contribution < 1.29 is 41.0 Å². The molecule has 0 radical (unpaired) electrons. The lowest BCUT2D eigenvalue weighted by Gasteiger charge is -2.36. The highest BCUT2D eigenvalue weighted by molar-refractivity contribution is 7.80. The van der Waals surface area contributed by atoms with Gasteiger partial charge in [0.2, 0.25) is 0 Å². The summed E-state index contributed by atoms with van der Waals surface area (Å²) >= 11 is 0. The zero-order valence-corrected chi connectivity index (χ0v) is 26.3. The Labute approximate surface area is 244 Å². The highest BCUT2D eigenvalue weighted by Crippen LogP contribution is 2.45. The second kappa shape index (κ2) is 10.9. The van der Waals surface area contributed by atoms with Crippen LogP contribution in [-0.2, 0) is 35.8 Å². The predicted octanol–water partition coefficient (Wildman–Crippen LogP) is 0.766. The molecule has 232 valence electrons. The summed E-state index contributed by atoms with van der Waals surface area (Å²) in [6.07, 6.45) is 1.45. The normalized spacial score (nSPS) is 21.7. The lowest BCUT2D eigenvalue weighted by atomic mass is 9.94. The molecular formula is C23H36N8O9SSi. The summed E-state index contributed by atoms with van der Waals surface area (Å²) in [6, 6.07) is -3.60. The molecule has 3 aliphatic heterocycles. The van der Waals surface area contributed by atoms with Gasteiger partial charge in [0.15, 0.2) is 0 Å². The summed E-state index contributed by atoms with van der Waals surface area (Å²) in [7, 11) is -5.92. The van der Waals surface area contributed by atoms with Crippen LogP contribution in [0.5, 0.6) is 0 Å². The quantitative estimate of drug-likeness (QED) is 0.136. The fourth-order valence-electron chi connectivity index (χ4n) is 4.69. The Morgan fingerprint density at radius 1 is 1.21 bits per heavy atom. The molecule has 2 saturated heterocycles. The lowest BCUT2D eigenvalue weighted by molar-refractivity contribution is -0.153. The van der Waals surface area contributed by atoms with Crippen molar-refractivity contribution in [1.29, 1.82) is 0 Å². The fraction of sp³-hybridized carbons (Fsp3) is 0.652. The van der Waals surface area contributed by atoms with Gasteiger partial charge in [-0.25, -0.2) is 9.59 Å². The van der Waals surface area contributed by atoms with Crippen LogP contribution in [0.1, 0.15) is 51.0 Å². The summed E-state index contributed by atoms with van der Waals surface area (Å²) in [5, 5.41) is 11.7. The van der Waals surface area contributed by atoms with Crippen LogP contribution in [0.15, 0.2) is 11.4 Å². The molecule has 0 aromatic carbocycles. The zero-order valence-electron chi connectivity index (χ0n) is 24.5. The third-order valence-electron chi connectivity index (χ3n) is 8.07. The summed E-state index contributed by atoms with van der Waals surface area (Å²) in [5.41, 5.74) is 1.05. The van der Waals surface area contributed by atoms with E-state index in [1.165, 1.54) is 20.7 Å². The van der Waals surface area contributed by atoms with Gasteiger partial charge >= 0.3 is 34.3 Å². The molecule has 4 heterocycles. The Hall–Kier alpha value is -3.55. The monoisotopic (exact) mass is 628 g/mol. The number of nitrogens with zero attached hydrogens (tertiary/aromatic N) is 7. The first-order chi connectivity index (χ1) is 19.4. The van der Waals surface area contributed by atoms with Crippen LogP contribution in [0.2, 0.25) is 18.1 Å². The molecule has 0 unspecified atom stereocenters. The molecule has 6 amide bonds. The molecule has 17 nitrogen and oxygen atoms in total. The van der Waals surface area contributed by atoms with E-state index in [0.717, 1.165) is 4.90 Å². The van der Waals surface area contributed by atoms with Gasteiger partial charge in [-0.15, -0.1) is 9.44 Å². The minimum Gasteiger partial charge on any atom is -0.455 e. The van der Waals surface area contributed by atoms with Gasteiger partial charge in [0.1, 0.15) is 17.8 Å². The van der Waals surface area contributed by atoms with E-state index >= 15 is 0 Å². The molecule has 1 aromatic heterocycles. The number of fused-ring (bicyclic) bond motifs is 4. The number of carbonyl (C=O) groups is 4. The molecule has 2 bridgehead atoms. The van der Waals surface area contributed by atoms with E-state index in [0.29, 0.717) is 22.9 Å². The maximum absolute atomic E-state index is 13.4. The minimum absolute atomic E-state index is 0.000717. The number of piperazine rings is 1. The van der Waals surface area contributed by atoms with E-state index < -0.39 is 54.7 Å². The molecule has 19 heteroatoms. The van der Waals surface area contributed by atoms with E-state index in [9.17, 15) is 32.1 Å². The number of amides is 6. The number of urea groups is 2. The average Bonchev–Trinajstić information content (AvgIpc) is 3.39. The van der Waals surface area contributed by atoms with Crippen molar-refractivity contribution >= 4 is 48.3 Å². The smallest absolute Gasteiger partial charge is 0.418 e. The molecule has 0 aliphatic carbocycles. The van der Waals surface area contributed by atoms with Crippen LogP contribution in [0.3, 0.4) is 0 Å². The number of carbonyl (C=O) groups excluding carboxylic acids is 4. The van der Waals surface area contributed by atoms with Crippen LogP contribution in [0.4, 0.5) is 9.59 Å². The Morgan fingerprint density at radius 2 is 1.88 bits per heavy atom. The van der Waals surface area contributed by atoms with E-state index in [1.54, 1.807) is 14.0 Å². The summed E-state index contributed by atoms with van der Waals surface area (Å²) in [5.74, 6) is -1.74. The second-order valence-electron chi connectivity index (χ2n) is 11.7. The Balaban J connectivity index is 1.70. The largest absolute Gasteiger partial charge is 0.455 e. The molecule has 1 aromatic rings. The molecule has 2 fully saturated rings. The third kappa shape index (κ3) is 5.72. The molecule has 0 saturated carbocycles. The molecule has 42 heavy (non-hydrogen) atoms. The van der Waals surface area contributed by atoms with Gasteiger partial charge in [-0.1, -0.05) is 20.8 Å². The SMILES string of the molecule is CCN1CCN(C(=O)NC/C(=N\O[Si](C)(C)C(C)(C)C)[C@@H]2c3c(cnn3C)[C@@H]3CN2C(=O)N3OS(=O)(=O)O)C(=O)C1=O. The van der Waals surface area contributed by atoms with Gasteiger partial charge in [-0.3, -0.25) is 23.7 Å². The molecule has 3 aliphatic rings. The second-order valence-corrected chi connectivity index (χ2v) is 17.4. The standard InChI is InChI=1S/C23H36N8O9SSi/c1-8-28-9-10-29(20(33)19(28)32)21(34)24-12-15(26-39-42(6,7)23(2,3)4)18-17-14(11-25-27(17)5)16-13-30(18)22(35)31(16)40-41(36,37)38/h11,16,18H,8-10,12-13H2,1-7H3,(H,24,34)(H,36,37,38)/b26-15+/t16-,18+/m0/s1. The zero-order chi connectivity index (χ0) is 31.4. The number of aryl methyl sites for hydroxylation is 1. The number of aromatic nitrogens is 2. The van der Waals surface area contributed by atoms with Crippen LogP contribution in [0.25, 0.3) is 0 Å². The van der Waals surface area contributed by atoms with Gasteiger partial charge in [0.05, 0.1) is 25.0 Å². The number of oxime groups is 1. The predicted molar refractivity (Wildman–Crippen MR) is 148 cm³/mol. The first kappa shape index (κ1) is 31.4. The molecule has 0 spiro atoms. The Bertz CT molecular complexity index is 1440. The number of hydroxylamine groups is 2. The molecule has 2 atom stereocenters. The van der Waals surface area contributed by atoms with E-state index in [2.05, 4.69) is 19.9 Å². The van der Waals surface area contributed by atoms with E-state index in [1.807, 2.05) is 33.9 Å². The number of hydrogen-bond acceptors (Lipinski definition) is 10. The number of hydrogen-bond donors (Lipinski definition) is 2. The molecule has 2 N–H and O–H groups in total. The minimum atomic E-state index is -5.03. The molecular weight excluding hydrogens is 592 g/mol. The highest BCUT2D eigenvalue weighted by Gasteiger charge is 2.53. The number of imide groups is 1. The van der Waals surface area contributed by atoms with Crippen LogP contribution >= 0.6 is 0 Å². The van der Waals surface area contributed by atoms with Gasteiger partial charge in [0.25, 0.3) is 8.32 Å². The Morgan fingerprint density at radius 3 is 2.48 bits per heavy atom. The van der Waals surface area contributed by atoms with Gasteiger partial charge in [0, 0.05) is 32.2 Å². The average molecular weight is 629 g/mol. The first-order valence-corrected chi connectivity index (χ1v) is 17.6. The van der Waals surface area contributed by atoms with Crippen LogP contribution < -0.4 is 5.32 Å². The summed E-state index contributed by atoms with van der Waals surface area (Å²) in [6.45, 7) is 11.9. The first-order valence-electron chi connectivity index (χ1n) is 13.3. The van der Waals surface area contributed by atoms with Gasteiger partial charge < -0.3 is 19.6 Å². The highest BCUT2D eigenvalue weighted by atomic mass is 32.3. The van der Waals surface area contributed by atoms with Crippen molar-refractivity contribution in [1.82, 2.24) is 34.9 Å². The molecule has 4 rings (SSSR count). The van der Waals surface area contributed by atoms with Crippen molar-refractivity contribution in [2.75, 3.05) is 32.7 Å².